The van der Waals surface area contributed by atoms with E-state index in [-0.39, 0.29) is 9.86 Å². The second kappa shape index (κ2) is 2.49. The van der Waals surface area contributed by atoms with Gasteiger partial charge in [-0.25, -0.2) is 0 Å². The van der Waals surface area contributed by atoms with Crippen molar-refractivity contribution >= 4 is 22.8 Å². The summed E-state index contributed by atoms with van der Waals surface area (Å²) in [7, 11) is 0. The van der Waals surface area contributed by atoms with Crippen molar-refractivity contribution in [3.05, 3.63) is 0 Å². The number of hydrogen-bond donors (Lipinski definition) is 0. The first-order chi connectivity index (χ1) is 5.29. The van der Waals surface area contributed by atoms with Crippen LogP contribution in [0.4, 0.5) is 0 Å². The van der Waals surface area contributed by atoms with Gasteiger partial charge < -0.3 is 4.74 Å². The highest BCUT2D eigenvalue weighted by Crippen LogP contribution is 2.51. The number of hydrogen-bond acceptors (Lipinski definition) is 4. The molecule has 1 aliphatic heterocycles. The Bertz CT molecular complexity index is 247. The van der Waals surface area contributed by atoms with Gasteiger partial charge in [-0.2, -0.15) is 0 Å². The van der Waals surface area contributed by atoms with E-state index in [9.17, 15) is 9.59 Å². The van der Waals surface area contributed by atoms with Gasteiger partial charge in [0.15, 0.2) is 5.60 Å². The molecule has 0 spiro atoms. The normalized spacial score (nSPS) is 32.5. The first-order valence-electron chi connectivity index (χ1n) is 3.72. The zero-order valence-corrected chi connectivity index (χ0v) is 8.45. The number of rotatable bonds is 1. The average molecular weight is 188 g/mol. The molecule has 12 heavy (non-hydrogen) atoms. The molecule has 0 aromatic rings. The van der Waals surface area contributed by atoms with Crippen molar-refractivity contribution in [3.63, 3.8) is 0 Å². The van der Waals surface area contributed by atoms with Gasteiger partial charge >= 0.3 is 5.97 Å². The zero-order valence-electron chi connectivity index (χ0n) is 7.63. The summed E-state index contributed by atoms with van der Waals surface area (Å²) in [5, 5.41) is -0.0669. The Labute approximate surface area is 75.8 Å². The van der Waals surface area contributed by atoms with Gasteiger partial charge in [0.2, 0.25) is 5.12 Å². The van der Waals surface area contributed by atoms with Crippen LogP contribution in [0.3, 0.4) is 0 Å². The molecule has 0 aliphatic carbocycles. The van der Waals surface area contributed by atoms with Crippen LogP contribution in [0.5, 0.6) is 0 Å². The Balaban J connectivity index is 2.82. The maximum Gasteiger partial charge on any atom is 0.303 e. The minimum Gasteiger partial charge on any atom is -0.449 e. The van der Waals surface area contributed by atoms with Gasteiger partial charge in [-0.15, -0.1) is 0 Å². The summed E-state index contributed by atoms with van der Waals surface area (Å²) in [4.78, 5) is 21.9. The standard InChI is InChI=1S/C8H12O3S/c1-5(9)11-8(4)6(10)12-7(8,2)3/h1-4H3. The molecule has 0 saturated carbocycles. The lowest BCUT2D eigenvalue weighted by atomic mass is 9.91. The molecule has 68 valence electrons. The van der Waals surface area contributed by atoms with Crippen molar-refractivity contribution in [2.24, 2.45) is 0 Å². The molecule has 0 aromatic carbocycles. The van der Waals surface area contributed by atoms with Crippen molar-refractivity contribution in [2.75, 3.05) is 0 Å². The quantitative estimate of drug-likeness (QED) is 0.583. The fraction of sp³-hybridized carbons (Fsp3) is 0.750. The molecular weight excluding hydrogens is 176 g/mol. The van der Waals surface area contributed by atoms with Gasteiger partial charge in [-0.1, -0.05) is 11.8 Å². The minimum absolute atomic E-state index is 0.0669. The van der Waals surface area contributed by atoms with E-state index in [2.05, 4.69) is 0 Å². The molecule has 1 atom stereocenters. The topological polar surface area (TPSA) is 43.4 Å². The van der Waals surface area contributed by atoms with Crippen LogP contribution in [-0.2, 0) is 14.3 Å². The SMILES string of the molecule is CC(=O)OC1(C)C(=O)SC1(C)C. The summed E-state index contributed by atoms with van der Waals surface area (Å²) in [6, 6.07) is 0. The maximum atomic E-state index is 11.2. The smallest absolute Gasteiger partial charge is 0.303 e. The van der Waals surface area contributed by atoms with Gasteiger partial charge in [0.05, 0.1) is 4.75 Å². The number of carbonyl (C=O) groups is 2. The van der Waals surface area contributed by atoms with E-state index in [1.54, 1.807) is 6.92 Å². The Morgan fingerprint density at radius 1 is 1.42 bits per heavy atom. The van der Waals surface area contributed by atoms with Gasteiger partial charge in [0.1, 0.15) is 0 Å². The van der Waals surface area contributed by atoms with Crippen LogP contribution in [0.2, 0.25) is 0 Å². The van der Waals surface area contributed by atoms with E-state index in [1.165, 1.54) is 18.7 Å². The molecule has 1 fully saturated rings. The molecule has 1 heterocycles. The number of ether oxygens (including phenoxy) is 1. The van der Waals surface area contributed by atoms with Gasteiger partial charge in [0, 0.05) is 6.92 Å². The highest BCUT2D eigenvalue weighted by atomic mass is 32.2. The molecule has 0 bridgehead atoms. The average Bonchev–Trinajstić information content (AvgIpc) is 1.85. The van der Waals surface area contributed by atoms with E-state index in [0.29, 0.717) is 0 Å². The zero-order chi connectivity index (χ0) is 9.57. The van der Waals surface area contributed by atoms with Crippen LogP contribution in [-0.4, -0.2) is 21.4 Å². The summed E-state index contributed by atoms with van der Waals surface area (Å²) < 4.78 is 4.70. The first kappa shape index (κ1) is 9.58. The second-order valence-corrected chi connectivity index (χ2v) is 5.12. The van der Waals surface area contributed by atoms with E-state index in [4.69, 9.17) is 4.74 Å². The highest BCUT2D eigenvalue weighted by molar-refractivity contribution is 8.17. The molecule has 1 aliphatic rings. The number of thioether (sulfide) groups is 1. The highest BCUT2D eigenvalue weighted by Gasteiger charge is 2.61. The Morgan fingerprint density at radius 2 is 1.92 bits per heavy atom. The lowest BCUT2D eigenvalue weighted by molar-refractivity contribution is -0.165. The summed E-state index contributed by atoms with van der Waals surface area (Å²) in [5.41, 5.74) is -0.927. The van der Waals surface area contributed by atoms with Crippen LogP contribution in [0, 0.1) is 0 Å². The van der Waals surface area contributed by atoms with Gasteiger partial charge in [-0.05, 0) is 20.8 Å². The summed E-state index contributed by atoms with van der Waals surface area (Å²) in [6.07, 6.45) is 0. The largest absolute Gasteiger partial charge is 0.449 e. The molecule has 0 aromatic heterocycles. The second-order valence-electron chi connectivity index (χ2n) is 3.53. The molecule has 0 N–H and O–H groups in total. The van der Waals surface area contributed by atoms with Crippen LogP contribution in [0.1, 0.15) is 27.7 Å². The lowest BCUT2D eigenvalue weighted by Crippen LogP contribution is -2.62. The van der Waals surface area contributed by atoms with E-state index >= 15 is 0 Å². The fourth-order valence-corrected chi connectivity index (χ4v) is 2.21. The summed E-state index contributed by atoms with van der Waals surface area (Å²) in [6.45, 7) is 6.76. The van der Waals surface area contributed by atoms with E-state index in [1.807, 2.05) is 13.8 Å². The summed E-state index contributed by atoms with van der Waals surface area (Å²) in [5.74, 6) is -0.403. The molecule has 4 heteroatoms. The van der Waals surface area contributed by atoms with Crippen LogP contribution in [0.25, 0.3) is 0 Å². The molecule has 1 unspecified atom stereocenters. The third-order valence-electron chi connectivity index (χ3n) is 2.23. The van der Waals surface area contributed by atoms with Gasteiger partial charge in [0.25, 0.3) is 0 Å². The Hall–Kier alpha value is -0.510. The Kier molecular flexibility index (Phi) is 1.98. The van der Waals surface area contributed by atoms with Crippen molar-refractivity contribution in [1.29, 1.82) is 0 Å². The van der Waals surface area contributed by atoms with Crippen molar-refractivity contribution in [2.45, 2.75) is 38.0 Å². The molecule has 0 amide bonds. The molecule has 0 radical (unpaired) electrons. The van der Waals surface area contributed by atoms with Crippen molar-refractivity contribution < 1.29 is 14.3 Å². The monoisotopic (exact) mass is 188 g/mol. The van der Waals surface area contributed by atoms with Crippen LogP contribution >= 0.6 is 11.8 Å². The van der Waals surface area contributed by atoms with Crippen LogP contribution in [0.15, 0.2) is 0 Å². The maximum absolute atomic E-state index is 11.2. The molecule has 1 rings (SSSR count). The Morgan fingerprint density at radius 3 is 2.08 bits per heavy atom. The predicted molar refractivity (Wildman–Crippen MR) is 46.8 cm³/mol. The number of esters is 1. The third-order valence-corrected chi connectivity index (χ3v) is 3.71. The van der Waals surface area contributed by atoms with Crippen molar-refractivity contribution in [3.8, 4) is 0 Å². The fourth-order valence-electron chi connectivity index (χ4n) is 1.08. The predicted octanol–water partition coefficient (Wildman–Crippen LogP) is 1.36. The molecule has 1 saturated heterocycles. The van der Waals surface area contributed by atoms with Crippen LogP contribution < -0.4 is 0 Å². The lowest BCUT2D eigenvalue weighted by Gasteiger charge is -2.49. The first-order valence-corrected chi connectivity index (χ1v) is 4.54. The molecule has 3 nitrogen and oxygen atoms in total. The third kappa shape index (κ3) is 1.14. The number of carbonyl (C=O) groups excluding carboxylic acids is 2. The molecular formula is C8H12O3S. The van der Waals surface area contributed by atoms with Gasteiger partial charge in [-0.3, -0.25) is 9.59 Å². The summed E-state index contributed by atoms with van der Waals surface area (Å²) >= 11 is 1.22. The minimum atomic E-state index is -0.927. The van der Waals surface area contributed by atoms with E-state index < -0.39 is 11.6 Å². The van der Waals surface area contributed by atoms with E-state index in [0.717, 1.165) is 0 Å². The van der Waals surface area contributed by atoms with Crippen molar-refractivity contribution in [1.82, 2.24) is 0 Å².